The number of hydrogen-bond acceptors (Lipinski definition) is 8. The molecular weight excluding hydrogens is 396 g/mol. The molecule has 1 aliphatic rings. The summed E-state index contributed by atoms with van der Waals surface area (Å²) in [5.74, 6) is 3.07. The van der Waals surface area contributed by atoms with Crippen molar-refractivity contribution in [1.29, 1.82) is 5.26 Å². The summed E-state index contributed by atoms with van der Waals surface area (Å²) >= 11 is 1.47. The molecule has 0 amide bonds. The van der Waals surface area contributed by atoms with Gasteiger partial charge in [0.25, 0.3) is 0 Å². The number of hydrogen-bond donors (Lipinski definition) is 0. The normalized spacial score (nSPS) is 13.8. The van der Waals surface area contributed by atoms with Crippen molar-refractivity contribution >= 4 is 23.4 Å². The fourth-order valence-electron chi connectivity index (χ4n) is 3.46. The molecular formula is C22H22N6OS. The number of aromatic nitrogens is 3. The number of piperazine rings is 1. The van der Waals surface area contributed by atoms with E-state index < -0.39 is 0 Å². The molecule has 3 heterocycles. The number of pyridine rings is 1. The summed E-state index contributed by atoms with van der Waals surface area (Å²) in [6.45, 7) is 3.16. The Labute approximate surface area is 180 Å². The molecule has 0 N–H and O–H groups in total. The maximum Gasteiger partial charge on any atom is 0.162 e. The molecule has 152 valence electrons. The molecule has 0 unspecified atom stereocenters. The van der Waals surface area contributed by atoms with Crippen LogP contribution >= 0.6 is 11.8 Å². The van der Waals surface area contributed by atoms with Gasteiger partial charge in [-0.25, -0.2) is 15.0 Å². The first-order chi connectivity index (χ1) is 14.7. The van der Waals surface area contributed by atoms with Crippen LogP contribution in [0.15, 0.2) is 53.7 Å². The van der Waals surface area contributed by atoms with E-state index in [0.29, 0.717) is 22.2 Å². The van der Waals surface area contributed by atoms with Crippen molar-refractivity contribution < 1.29 is 4.74 Å². The summed E-state index contributed by atoms with van der Waals surface area (Å²) in [5.41, 5.74) is 1.43. The van der Waals surface area contributed by atoms with Crippen LogP contribution in [-0.4, -0.2) is 54.5 Å². The third kappa shape index (κ3) is 4.02. The summed E-state index contributed by atoms with van der Waals surface area (Å²) < 4.78 is 5.25. The second-order valence-electron chi connectivity index (χ2n) is 6.76. The van der Waals surface area contributed by atoms with Gasteiger partial charge in [0.15, 0.2) is 11.6 Å². The zero-order valence-corrected chi connectivity index (χ0v) is 17.8. The Bertz CT molecular complexity index is 1040. The molecule has 1 saturated heterocycles. The predicted octanol–water partition coefficient (Wildman–Crippen LogP) is 3.47. The van der Waals surface area contributed by atoms with E-state index in [1.165, 1.54) is 11.8 Å². The number of anilines is 2. The minimum atomic E-state index is 0.533. The van der Waals surface area contributed by atoms with Gasteiger partial charge in [-0.2, -0.15) is 5.26 Å². The van der Waals surface area contributed by atoms with Crippen LogP contribution in [0.4, 0.5) is 11.6 Å². The summed E-state index contributed by atoms with van der Waals surface area (Å²) in [7, 11) is 1.64. The van der Waals surface area contributed by atoms with Crippen LogP contribution in [0, 0.1) is 11.3 Å². The molecule has 1 fully saturated rings. The lowest BCUT2D eigenvalue weighted by Crippen LogP contribution is -2.47. The van der Waals surface area contributed by atoms with Crippen LogP contribution in [0.25, 0.3) is 11.4 Å². The molecule has 0 aliphatic carbocycles. The first kappa shape index (κ1) is 20.0. The van der Waals surface area contributed by atoms with Gasteiger partial charge in [-0.1, -0.05) is 6.07 Å². The largest absolute Gasteiger partial charge is 0.497 e. The lowest BCUT2D eigenvalue weighted by atomic mass is 10.2. The molecule has 4 rings (SSSR count). The van der Waals surface area contributed by atoms with E-state index in [0.717, 1.165) is 43.3 Å². The lowest BCUT2D eigenvalue weighted by Gasteiger charge is -2.36. The third-order valence-electron chi connectivity index (χ3n) is 5.06. The minimum Gasteiger partial charge on any atom is -0.497 e. The quantitative estimate of drug-likeness (QED) is 0.460. The molecule has 0 spiro atoms. The zero-order valence-electron chi connectivity index (χ0n) is 16.9. The summed E-state index contributed by atoms with van der Waals surface area (Å²) in [6.07, 6.45) is 3.75. The van der Waals surface area contributed by atoms with E-state index in [2.05, 4.69) is 25.8 Å². The Balaban J connectivity index is 1.64. The first-order valence-corrected chi connectivity index (χ1v) is 10.9. The molecule has 7 nitrogen and oxygen atoms in total. The first-order valence-electron chi connectivity index (χ1n) is 9.65. The van der Waals surface area contributed by atoms with E-state index in [1.807, 2.05) is 54.9 Å². The van der Waals surface area contributed by atoms with E-state index in [9.17, 15) is 5.26 Å². The second-order valence-corrected chi connectivity index (χ2v) is 7.55. The molecule has 0 bridgehead atoms. The van der Waals surface area contributed by atoms with E-state index in [1.54, 1.807) is 7.11 Å². The van der Waals surface area contributed by atoms with Crippen molar-refractivity contribution in [3.63, 3.8) is 0 Å². The summed E-state index contributed by atoms with van der Waals surface area (Å²) in [5, 5.41) is 10.5. The summed E-state index contributed by atoms with van der Waals surface area (Å²) in [4.78, 5) is 18.3. The van der Waals surface area contributed by atoms with Crippen LogP contribution in [0.1, 0.15) is 5.56 Å². The highest BCUT2D eigenvalue weighted by molar-refractivity contribution is 7.98. The van der Waals surface area contributed by atoms with Crippen LogP contribution < -0.4 is 14.5 Å². The number of methoxy groups -OCH3 is 1. The van der Waals surface area contributed by atoms with Gasteiger partial charge in [-0.05, 0) is 42.7 Å². The molecule has 3 aromatic rings. The smallest absolute Gasteiger partial charge is 0.162 e. The van der Waals surface area contributed by atoms with Gasteiger partial charge in [-0.15, -0.1) is 11.8 Å². The van der Waals surface area contributed by atoms with Gasteiger partial charge in [0, 0.05) is 37.9 Å². The minimum absolute atomic E-state index is 0.533. The molecule has 1 aliphatic heterocycles. The molecule has 0 atom stereocenters. The number of nitrogens with zero attached hydrogens (tertiary/aromatic N) is 6. The number of ether oxygens (including phenoxy) is 1. The van der Waals surface area contributed by atoms with Crippen molar-refractivity contribution in [2.45, 2.75) is 5.03 Å². The average molecular weight is 419 g/mol. The zero-order chi connectivity index (χ0) is 20.9. The van der Waals surface area contributed by atoms with Gasteiger partial charge in [0.2, 0.25) is 0 Å². The molecule has 1 aromatic carbocycles. The third-order valence-corrected chi connectivity index (χ3v) is 5.74. The monoisotopic (exact) mass is 418 g/mol. The van der Waals surface area contributed by atoms with E-state index in [4.69, 9.17) is 9.72 Å². The number of benzene rings is 1. The van der Waals surface area contributed by atoms with Crippen LogP contribution in [-0.2, 0) is 0 Å². The summed E-state index contributed by atoms with van der Waals surface area (Å²) in [6, 6.07) is 15.9. The second kappa shape index (κ2) is 9.01. The fourth-order valence-corrected chi connectivity index (χ4v) is 3.98. The topological polar surface area (TPSA) is 78.2 Å². The SMILES string of the molecule is COc1ccc(-c2nc(SC)c(C#N)c(N3CCN(c4ccccn4)CC3)n2)cc1. The van der Waals surface area contributed by atoms with Crippen molar-refractivity contribution in [2.75, 3.05) is 49.3 Å². The van der Waals surface area contributed by atoms with Crippen LogP contribution in [0.5, 0.6) is 5.75 Å². The van der Waals surface area contributed by atoms with E-state index >= 15 is 0 Å². The van der Waals surface area contributed by atoms with Gasteiger partial charge in [0.1, 0.15) is 28.2 Å². The van der Waals surface area contributed by atoms with Crippen LogP contribution in [0.2, 0.25) is 0 Å². The molecule has 8 heteroatoms. The van der Waals surface area contributed by atoms with Crippen molar-refractivity contribution in [2.24, 2.45) is 0 Å². The highest BCUT2D eigenvalue weighted by atomic mass is 32.2. The van der Waals surface area contributed by atoms with Gasteiger partial charge >= 0.3 is 0 Å². The average Bonchev–Trinajstić information content (AvgIpc) is 2.84. The highest BCUT2D eigenvalue weighted by Gasteiger charge is 2.24. The Morgan fingerprint density at radius 1 is 1.00 bits per heavy atom. The van der Waals surface area contributed by atoms with Crippen LogP contribution in [0.3, 0.4) is 0 Å². The Kier molecular flexibility index (Phi) is 6.00. The van der Waals surface area contributed by atoms with Crippen molar-refractivity contribution in [3.8, 4) is 23.2 Å². The fraction of sp³-hybridized carbons (Fsp3) is 0.273. The molecule has 0 radical (unpaired) electrons. The van der Waals surface area contributed by atoms with Gasteiger partial charge in [0.05, 0.1) is 7.11 Å². The number of nitriles is 1. The maximum absolute atomic E-state index is 9.81. The van der Waals surface area contributed by atoms with Crippen molar-refractivity contribution in [3.05, 3.63) is 54.2 Å². The molecule has 2 aromatic heterocycles. The maximum atomic E-state index is 9.81. The lowest BCUT2D eigenvalue weighted by molar-refractivity contribution is 0.415. The number of thioether (sulfide) groups is 1. The highest BCUT2D eigenvalue weighted by Crippen LogP contribution is 2.31. The standard InChI is InChI=1S/C22H22N6OS/c1-29-17-8-6-16(7-9-17)20-25-21(18(15-23)22(26-20)30-2)28-13-11-27(12-14-28)19-5-3-4-10-24-19/h3-10H,11-14H2,1-2H3. The molecule has 30 heavy (non-hydrogen) atoms. The molecule has 0 saturated carbocycles. The number of rotatable bonds is 5. The Morgan fingerprint density at radius 3 is 2.33 bits per heavy atom. The Morgan fingerprint density at radius 2 is 1.73 bits per heavy atom. The van der Waals surface area contributed by atoms with Crippen molar-refractivity contribution in [1.82, 2.24) is 15.0 Å². The predicted molar refractivity (Wildman–Crippen MR) is 119 cm³/mol. The van der Waals surface area contributed by atoms with Gasteiger partial charge in [-0.3, -0.25) is 0 Å². The Hall–Kier alpha value is -3.31. The van der Waals surface area contributed by atoms with Gasteiger partial charge < -0.3 is 14.5 Å². The van der Waals surface area contributed by atoms with E-state index in [-0.39, 0.29) is 0 Å².